The van der Waals surface area contributed by atoms with Gasteiger partial charge in [0.1, 0.15) is 11.5 Å². The number of benzene rings is 2. The first-order valence-electron chi connectivity index (χ1n) is 9.38. The normalized spacial score (nSPS) is 11.6. The molecule has 2 heterocycles. The van der Waals surface area contributed by atoms with E-state index in [1.165, 1.54) is 24.5 Å². The molecule has 4 rings (SSSR count). The molecule has 0 saturated carbocycles. The van der Waals surface area contributed by atoms with Gasteiger partial charge in [-0.1, -0.05) is 19.1 Å². The van der Waals surface area contributed by atoms with Gasteiger partial charge < -0.3 is 4.98 Å². The van der Waals surface area contributed by atoms with Gasteiger partial charge in [0.05, 0.1) is 16.1 Å². The lowest BCUT2D eigenvalue weighted by Gasteiger charge is -2.12. The molecule has 0 fully saturated rings. The van der Waals surface area contributed by atoms with Crippen LogP contribution in [-0.4, -0.2) is 24.2 Å². The molecule has 0 amide bonds. The fraction of sp³-hybridized carbons (Fsp3) is 0.0909. The molecule has 6 nitrogen and oxygen atoms in total. The van der Waals surface area contributed by atoms with Crippen LogP contribution in [0.4, 0.5) is 14.5 Å². The second-order valence-electron chi connectivity index (χ2n) is 6.82. The molecule has 0 atom stereocenters. The number of nitrogens with one attached hydrogen (secondary N) is 2. The molecular weight excluding hydrogens is 424 g/mol. The molecule has 0 aliphatic rings. The highest BCUT2D eigenvalue weighted by Gasteiger charge is 2.26. The summed E-state index contributed by atoms with van der Waals surface area (Å²) in [6.07, 6.45) is 3.55. The molecule has 31 heavy (non-hydrogen) atoms. The van der Waals surface area contributed by atoms with E-state index in [4.69, 9.17) is 0 Å². The number of fused-ring (bicyclic) bond motifs is 1. The third kappa shape index (κ3) is 3.79. The Morgan fingerprint density at radius 1 is 1.10 bits per heavy atom. The predicted octanol–water partition coefficient (Wildman–Crippen LogP) is 4.44. The molecule has 0 aliphatic heterocycles. The van der Waals surface area contributed by atoms with Crippen LogP contribution in [-0.2, 0) is 16.4 Å². The third-order valence-electron chi connectivity index (χ3n) is 4.90. The van der Waals surface area contributed by atoms with Gasteiger partial charge in [0.2, 0.25) is 5.78 Å². The Bertz CT molecular complexity index is 1400. The van der Waals surface area contributed by atoms with Gasteiger partial charge >= 0.3 is 0 Å². The Hall–Kier alpha value is -3.59. The molecule has 0 radical (unpaired) electrons. The fourth-order valence-corrected chi connectivity index (χ4v) is 4.29. The Labute approximate surface area is 177 Å². The average molecular weight is 441 g/mol. The fourth-order valence-electron chi connectivity index (χ4n) is 3.23. The summed E-state index contributed by atoms with van der Waals surface area (Å²) in [7, 11) is -4.14. The SMILES string of the molecule is CCc1ccc(S(=O)(=O)Nc2ccc(F)c(C(=O)c3c[nH]c4ncccc34)c2F)cc1. The van der Waals surface area contributed by atoms with Crippen LogP contribution in [0.25, 0.3) is 11.0 Å². The summed E-state index contributed by atoms with van der Waals surface area (Å²) in [5.41, 5.74) is -0.0308. The van der Waals surface area contributed by atoms with E-state index in [1.54, 1.807) is 24.3 Å². The van der Waals surface area contributed by atoms with Crippen LogP contribution in [0.3, 0.4) is 0 Å². The van der Waals surface area contributed by atoms with Crippen LogP contribution in [0, 0.1) is 11.6 Å². The van der Waals surface area contributed by atoms with E-state index in [0.29, 0.717) is 11.0 Å². The summed E-state index contributed by atoms with van der Waals surface area (Å²) in [4.78, 5) is 19.7. The molecule has 0 aliphatic carbocycles. The van der Waals surface area contributed by atoms with Gasteiger partial charge in [0.15, 0.2) is 5.82 Å². The predicted molar refractivity (Wildman–Crippen MR) is 113 cm³/mol. The highest BCUT2D eigenvalue weighted by atomic mass is 32.2. The number of aromatic amines is 1. The lowest BCUT2D eigenvalue weighted by molar-refractivity contribution is 0.103. The van der Waals surface area contributed by atoms with Crippen molar-refractivity contribution in [3.8, 4) is 0 Å². The van der Waals surface area contributed by atoms with Gasteiger partial charge in [-0.2, -0.15) is 0 Å². The van der Waals surface area contributed by atoms with E-state index in [9.17, 15) is 17.6 Å². The van der Waals surface area contributed by atoms with E-state index < -0.39 is 38.7 Å². The Morgan fingerprint density at radius 2 is 1.84 bits per heavy atom. The minimum Gasteiger partial charge on any atom is -0.345 e. The zero-order valence-corrected chi connectivity index (χ0v) is 17.1. The molecule has 0 unspecified atom stereocenters. The number of aromatic nitrogens is 2. The quantitative estimate of drug-likeness (QED) is 0.433. The van der Waals surface area contributed by atoms with Crippen molar-refractivity contribution < 1.29 is 22.0 Å². The van der Waals surface area contributed by atoms with Gasteiger partial charge in [0.25, 0.3) is 10.0 Å². The maximum atomic E-state index is 15.1. The number of nitrogens with zero attached hydrogens (tertiary/aromatic N) is 1. The van der Waals surface area contributed by atoms with Gasteiger partial charge in [0, 0.05) is 23.3 Å². The number of pyridine rings is 1. The number of rotatable bonds is 6. The molecule has 2 aromatic carbocycles. The van der Waals surface area contributed by atoms with E-state index in [-0.39, 0.29) is 10.5 Å². The minimum absolute atomic E-state index is 0.0241. The maximum absolute atomic E-state index is 15.1. The number of H-pyrrole nitrogens is 1. The molecule has 2 N–H and O–H groups in total. The first-order valence-corrected chi connectivity index (χ1v) is 10.9. The zero-order valence-electron chi connectivity index (χ0n) is 16.3. The highest BCUT2D eigenvalue weighted by Crippen LogP contribution is 2.28. The number of hydrogen-bond donors (Lipinski definition) is 2. The number of ketones is 1. The monoisotopic (exact) mass is 441 g/mol. The lowest BCUT2D eigenvalue weighted by atomic mass is 10.0. The van der Waals surface area contributed by atoms with Crippen molar-refractivity contribution in [2.45, 2.75) is 18.2 Å². The number of carbonyl (C=O) groups is 1. The Kier molecular flexibility index (Phi) is 5.28. The molecule has 0 bridgehead atoms. The maximum Gasteiger partial charge on any atom is 0.261 e. The summed E-state index contributed by atoms with van der Waals surface area (Å²) < 4.78 is 57.0. The number of aryl methyl sites for hydroxylation is 1. The number of carbonyl (C=O) groups excluding carboxylic acids is 1. The van der Waals surface area contributed by atoms with Gasteiger partial charge in [-0.15, -0.1) is 0 Å². The molecular formula is C22H17F2N3O3S. The molecule has 0 saturated heterocycles. The summed E-state index contributed by atoms with van der Waals surface area (Å²) >= 11 is 0. The van der Waals surface area contributed by atoms with E-state index in [0.717, 1.165) is 24.1 Å². The van der Waals surface area contributed by atoms with Crippen LogP contribution in [0.1, 0.15) is 28.4 Å². The third-order valence-corrected chi connectivity index (χ3v) is 6.28. The smallest absolute Gasteiger partial charge is 0.261 e. The van der Waals surface area contributed by atoms with Crippen molar-refractivity contribution in [1.82, 2.24) is 9.97 Å². The summed E-state index contributed by atoms with van der Waals surface area (Å²) in [6, 6.07) is 11.1. The van der Waals surface area contributed by atoms with Crippen LogP contribution >= 0.6 is 0 Å². The molecule has 0 spiro atoms. The summed E-state index contributed by atoms with van der Waals surface area (Å²) in [6.45, 7) is 1.93. The van der Waals surface area contributed by atoms with Crippen molar-refractivity contribution in [1.29, 1.82) is 0 Å². The first-order chi connectivity index (χ1) is 14.8. The first kappa shape index (κ1) is 20.7. The molecule has 9 heteroatoms. The van der Waals surface area contributed by atoms with Crippen LogP contribution < -0.4 is 4.72 Å². The Morgan fingerprint density at radius 3 is 2.55 bits per heavy atom. The number of hydrogen-bond acceptors (Lipinski definition) is 4. The standard InChI is InChI=1S/C22H17F2N3O3S/c1-2-13-5-7-14(8-6-13)31(29,30)27-18-10-9-17(23)19(20(18)24)21(28)16-12-26-22-15(16)4-3-11-25-22/h3-12,27H,2H2,1H3,(H,25,26). The number of sulfonamides is 1. The highest BCUT2D eigenvalue weighted by molar-refractivity contribution is 7.92. The Balaban J connectivity index is 1.73. The number of anilines is 1. The van der Waals surface area contributed by atoms with Crippen molar-refractivity contribution in [2.75, 3.05) is 4.72 Å². The average Bonchev–Trinajstić information content (AvgIpc) is 3.20. The van der Waals surface area contributed by atoms with Crippen molar-refractivity contribution >= 4 is 32.5 Å². The van der Waals surface area contributed by atoms with Gasteiger partial charge in [-0.05, 0) is 48.4 Å². The van der Waals surface area contributed by atoms with Crippen LogP contribution in [0.15, 0.2) is 65.8 Å². The summed E-state index contributed by atoms with van der Waals surface area (Å²) in [5.74, 6) is -3.32. The topological polar surface area (TPSA) is 91.9 Å². The largest absolute Gasteiger partial charge is 0.345 e. The lowest BCUT2D eigenvalue weighted by Crippen LogP contribution is -2.16. The number of halogens is 2. The molecule has 2 aromatic heterocycles. The molecule has 158 valence electrons. The van der Waals surface area contributed by atoms with Crippen LogP contribution in [0.5, 0.6) is 0 Å². The van der Waals surface area contributed by atoms with E-state index >= 15 is 4.39 Å². The van der Waals surface area contributed by atoms with E-state index in [1.807, 2.05) is 6.92 Å². The summed E-state index contributed by atoms with van der Waals surface area (Å²) in [5, 5.41) is 0.397. The molecule has 4 aromatic rings. The zero-order chi connectivity index (χ0) is 22.2. The van der Waals surface area contributed by atoms with Crippen molar-refractivity contribution in [3.05, 3.63) is 89.2 Å². The van der Waals surface area contributed by atoms with E-state index in [2.05, 4.69) is 14.7 Å². The minimum atomic E-state index is -4.14. The van der Waals surface area contributed by atoms with Crippen molar-refractivity contribution in [3.63, 3.8) is 0 Å². The second kappa shape index (κ2) is 7.92. The van der Waals surface area contributed by atoms with Crippen LogP contribution in [0.2, 0.25) is 0 Å². The van der Waals surface area contributed by atoms with Gasteiger partial charge in [-0.25, -0.2) is 22.2 Å². The second-order valence-corrected chi connectivity index (χ2v) is 8.50. The van der Waals surface area contributed by atoms with Crippen molar-refractivity contribution in [2.24, 2.45) is 0 Å². The van der Waals surface area contributed by atoms with Gasteiger partial charge in [-0.3, -0.25) is 9.52 Å².